The fourth-order valence-electron chi connectivity index (χ4n) is 2.79. The summed E-state index contributed by atoms with van der Waals surface area (Å²) in [5.41, 5.74) is -0.762. The van der Waals surface area contributed by atoms with Crippen LogP contribution < -0.4 is 10.2 Å². The molecular weight excluding hydrogens is 373 g/mol. The molecule has 0 radical (unpaired) electrons. The van der Waals surface area contributed by atoms with Gasteiger partial charge in [-0.15, -0.1) is 11.3 Å². The molecule has 26 heavy (non-hydrogen) atoms. The Balaban J connectivity index is 2.06. The Kier molecular flexibility index (Phi) is 4.65. The van der Waals surface area contributed by atoms with Crippen molar-refractivity contribution in [2.75, 3.05) is 38.1 Å². The van der Waals surface area contributed by atoms with E-state index in [0.29, 0.717) is 0 Å². The Morgan fingerprint density at radius 2 is 1.92 bits per heavy atom. The highest BCUT2D eigenvalue weighted by Gasteiger charge is 2.36. The van der Waals surface area contributed by atoms with E-state index >= 15 is 0 Å². The van der Waals surface area contributed by atoms with Gasteiger partial charge in [-0.2, -0.15) is 13.2 Å². The van der Waals surface area contributed by atoms with Gasteiger partial charge in [0.05, 0.1) is 21.3 Å². The van der Waals surface area contributed by atoms with Crippen molar-refractivity contribution in [3.05, 3.63) is 22.6 Å². The Hall–Kier alpha value is -2.56. The van der Waals surface area contributed by atoms with E-state index in [9.17, 15) is 22.8 Å². The highest BCUT2D eigenvalue weighted by Crippen LogP contribution is 2.40. The van der Waals surface area contributed by atoms with Gasteiger partial charge in [-0.25, -0.2) is 9.78 Å². The van der Waals surface area contributed by atoms with E-state index in [4.69, 9.17) is 5.11 Å². The Morgan fingerprint density at radius 1 is 1.27 bits per heavy atom. The van der Waals surface area contributed by atoms with Crippen molar-refractivity contribution in [2.24, 2.45) is 0 Å². The number of aromatic nitrogens is 1. The van der Waals surface area contributed by atoms with Crippen LogP contribution >= 0.6 is 11.3 Å². The van der Waals surface area contributed by atoms with Crippen LogP contribution in [0.2, 0.25) is 0 Å². The van der Waals surface area contributed by atoms with Gasteiger partial charge in [-0.05, 0) is 6.07 Å². The van der Waals surface area contributed by atoms with Gasteiger partial charge in [0.15, 0.2) is 0 Å². The summed E-state index contributed by atoms with van der Waals surface area (Å²) in [7, 11) is 1.39. The van der Waals surface area contributed by atoms with Crippen LogP contribution in [0.5, 0.6) is 0 Å². The lowest BCUT2D eigenvalue weighted by Gasteiger charge is -2.34. The zero-order valence-corrected chi connectivity index (χ0v) is 14.4. The van der Waals surface area contributed by atoms with Gasteiger partial charge in [-0.3, -0.25) is 4.79 Å². The molecule has 1 saturated heterocycles. The number of carbonyl (C=O) groups is 2. The summed E-state index contributed by atoms with van der Waals surface area (Å²) in [5.74, 6) is -0.428. The van der Waals surface area contributed by atoms with Crippen LogP contribution in [0.15, 0.2) is 11.4 Å². The number of anilines is 1. The first-order valence-electron chi connectivity index (χ1n) is 7.66. The standard InChI is InChI=1S/C15H15F3N4O3S/c1-19-13(23)8-7-26-12-9(15(16,17)18)6-10(20-11(8)12)21-2-4-22(5-3-21)14(24)25/h6-7H,2-5H2,1H3,(H,19,23)(H,24,25). The van der Waals surface area contributed by atoms with Gasteiger partial charge in [0, 0.05) is 38.6 Å². The number of fused-ring (bicyclic) bond motifs is 1. The molecule has 2 aromatic heterocycles. The number of nitrogens with one attached hydrogen (secondary N) is 1. The average molecular weight is 388 g/mol. The molecule has 2 aromatic rings. The SMILES string of the molecule is CNC(=O)c1csc2c(C(F)(F)F)cc(N3CCN(C(=O)O)CC3)nc12. The Morgan fingerprint density at radius 3 is 2.46 bits per heavy atom. The third-order valence-corrected chi connectivity index (χ3v) is 5.16. The fourth-order valence-corrected chi connectivity index (χ4v) is 3.81. The zero-order chi connectivity index (χ0) is 19.1. The molecule has 140 valence electrons. The number of hydrogen-bond acceptors (Lipinski definition) is 5. The number of piperazine rings is 1. The molecule has 1 aliphatic heterocycles. The van der Waals surface area contributed by atoms with E-state index in [2.05, 4.69) is 10.3 Å². The van der Waals surface area contributed by atoms with Gasteiger partial charge in [0.25, 0.3) is 5.91 Å². The number of pyridine rings is 1. The van der Waals surface area contributed by atoms with Gasteiger partial charge in [0.2, 0.25) is 0 Å². The summed E-state index contributed by atoms with van der Waals surface area (Å²) in [6.45, 7) is 0.785. The van der Waals surface area contributed by atoms with Crippen molar-refractivity contribution >= 4 is 39.4 Å². The van der Waals surface area contributed by atoms with Crippen molar-refractivity contribution in [2.45, 2.75) is 6.18 Å². The highest BCUT2D eigenvalue weighted by molar-refractivity contribution is 7.17. The summed E-state index contributed by atoms with van der Waals surface area (Å²) in [5, 5.41) is 12.7. The second kappa shape index (κ2) is 6.63. The maximum absolute atomic E-state index is 13.5. The number of carbonyl (C=O) groups excluding carboxylic acids is 1. The third-order valence-electron chi connectivity index (χ3n) is 4.16. The van der Waals surface area contributed by atoms with Crippen LogP contribution in [-0.2, 0) is 6.18 Å². The first-order chi connectivity index (χ1) is 12.2. The van der Waals surface area contributed by atoms with Crippen molar-refractivity contribution < 1.29 is 27.9 Å². The topological polar surface area (TPSA) is 85.8 Å². The molecule has 0 aliphatic carbocycles. The molecule has 11 heteroatoms. The molecule has 2 amide bonds. The molecule has 0 spiro atoms. The van der Waals surface area contributed by atoms with Crippen molar-refractivity contribution in [1.82, 2.24) is 15.2 Å². The summed E-state index contributed by atoms with van der Waals surface area (Å²) in [6, 6.07) is 0.961. The predicted molar refractivity (Wildman–Crippen MR) is 89.8 cm³/mol. The van der Waals surface area contributed by atoms with E-state index < -0.39 is 23.7 Å². The molecule has 0 atom stereocenters. The molecule has 0 unspecified atom stereocenters. The quantitative estimate of drug-likeness (QED) is 0.826. The molecule has 7 nitrogen and oxygen atoms in total. The fraction of sp³-hybridized carbons (Fsp3) is 0.400. The molecule has 0 bridgehead atoms. The largest absolute Gasteiger partial charge is 0.465 e. The van der Waals surface area contributed by atoms with E-state index in [1.807, 2.05) is 0 Å². The maximum Gasteiger partial charge on any atom is 0.417 e. The average Bonchev–Trinajstić information content (AvgIpc) is 3.03. The lowest BCUT2D eigenvalue weighted by molar-refractivity contribution is -0.136. The van der Waals surface area contributed by atoms with E-state index in [1.165, 1.54) is 17.3 Å². The maximum atomic E-state index is 13.5. The number of amides is 2. The zero-order valence-electron chi connectivity index (χ0n) is 13.6. The normalized spacial score (nSPS) is 15.4. The van der Waals surface area contributed by atoms with Gasteiger partial charge < -0.3 is 20.2 Å². The number of nitrogens with zero attached hydrogens (tertiary/aromatic N) is 3. The first kappa shape index (κ1) is 18.2. The molecule has 3 heterocycles. The molecular formula is C15H15F3N4O3S. The summed E-state index contributed by atoms with van der Waals surface area (Å²) in [4.78, 5) is 30.0. The number of thiophene rings is 1. The summed E-state index contributed by atoms with van der Waals surface area (Å²) >= 11 is 0.823. The van der Waals surface area contributed by atoms with Crippen molar-refractivity contribution in [3.63, 3.8) is 0 Å². The van der Waals surface area contributed by atoms with E-state index in [-0.39, 0.29) is 47.8 Å². The van der Waals surface area contributed by atoms with Crippen LogP contribution in [0, 0.1) is 0 Å². The lowest BCUT2D eigenvalue weighted by atomic mass is 10.1. The number of alkyl halides is 3. The predicted octanol–water partition coefficient (Wildman–Crippen LogP) is 2.47. The van der Waals surface area contributed by atoms with Gasteiger partial charge >= 0.3 is 12.3 Å². The van der Waals surface area contributed by atoms with Crippen LogP contribution in [-0.4, -0.2) is 60.2 Å². The van der Waals surface area contributed by atoms with Crippen molar-refractivity contribution in [3.8, 4) is 0 Å². The molecule has 0 aromatic carbocycles. The molecule has 3 rings (SSSR count). The molecule has 1 aliphatic rings. The first-order valence-corrected chi connectivity index (χ1v) is 8.54. The van der Waals surface area contributed by atoms with Crippen LogP contribution in [0.25, 0.3) is 10.2 Å². The number of hydrogen-bond donors (Lipinski definition) is 2. The lowest BCUT2D eigenvalue weighted by Crippen LogP contribution is -2.48. The number of halogens is 3. The third kappa shape index (κ3) is 3.26. The minimum atomic E-state index is -4.59. The van der Waals surface area contributed by atoms with E-state index in [1.54, 1.807) is 4.90 Å². The second-order valence-electron chi connectivity index (χ2n) is 5.69. The summed E-state index contributed by atoms with van der Waals surface area (Å²) in [6.07, 6.45) is -5.66. The Bertz CT molecular complexity index is 860. The number of rotatable bonds is 2. The minimum absolute atomic E-state index is 0.000149. The number of carboxylic acid groups (broad SMARTS) is 1. The Labute approximate surface area is 150 Å². The van der Waals surface area contributed by atoms with E-state index in [0.717, 1.165) is 17.4 Å². The minimum Gasteiger partial charge on any atom is -0.465 e. The summed E-state index contributed by atoms with van der Waals surface area (Å²) < 4.78 is 40.4. The van der Waals surface area contributed by atoms with Crippen LogP contribution in [0.4, 0.5) is 23.8 Å². The van der Waals surface area contributed by atoms with Crippen molar-refractivity contribution in [1.29, 1.82) is 0 Å². The monoisotopic (exact) mass is 388 g/mol. The molecule has 1 fully saturated rings. The van der Waals surface area contributed by atoms with Crippen LogP contribution in [0.3, 0.4) is 0 Å². The molecule has 0 saturated carbocycles. The second-order valence-corrected chi connectivity index (χ2v) is 6.57. The smallest absolute Gasteiger partial charge is 0.417 e. The van der Waals surface area contributed by atoms with Crippen LogP contribution in [0.1, 0.15) is 15.9 Å². The molecule has 2 N–H and O–H groups in total. The van der Waals surface area contributed by atoms with Gasteiger partial charge in [-0.1, -0.05) is 0 Å². The van der Waals surface area contributed by atoms with Gasteiger partial charge in [0.1, 0.15) is 5.82 Å². The highest BCUT2D eigenvalue weighted by atomic mass is 32.1.